The van der Waals surface area contributed by atoms with Gasteiger partial charge in [0, 0.05) is 0 Å². The summed E-state index contributed by atoms with van der Waals surface area (Å²) in [4.78, 5) is 0. The summed E-state index contributed by atoms with van der Waals surface area (Å²) in [6.45, 7) is 5.39. The molecule has 3 rings (SSSR count). The topological polar surface area (TPSA) is 26.0 Å². The maximum atomic E-state index is 5.59. The van der Waals surface area contributed by atoms with Gasteiger partial charge in [0.25, 0.3) is 0 Å². The minimum Gasteiger partial charge on any atom is -0.330 e. The Morgan fingerprint density at radius 2 is 1.73 bits per heavy atom. The third-order valence-corrected chi connectivity index (χ3v) is 5.15. The van der Waals surface area contributed by atoms with Crippen molar-refractivity contribution in [3.8, 4) is 11.1 Å². The second-order valence-electron chi connectivity index (χ2n) is 6.61. The van der Waals surface area contributed by atoms with Crippen LogP contribution in [-0.2, 0) is 12.8 Å². The van der Waals surface area contributed by atoms with Crippen molar-refractivity contribution >= 4 is 0 Å². The smallest absolute Gasteiger partial charge is 0.00106 e. The lowest BCUT2D eigenvalue weighted by atomic mass is 9.90. The lowest BCUT2D eigenvalue weighted by Gasteiger charge is -2.15. The van der Waals surface area contributed by atoms with Crippen LogP contribution < -0.4 is 5.73 Å². The fourth-order valence-electron chi connectivity index (χ4n) is 3.75. The zero-order chi connectivity index (χ0) is 15.5. The second kappa shape index (κ2) is 6.66. The van der Waals surface area contributed by atoms with Gasteiger partial charge in [-0.2, -0.15) is 0 Å². The number of rotatable bonds is 6. The molecule has 0 amide bonds. The Hall–Kier alpha value is -1.60. The Morgan fingerprint density at radius 3 is 2.55 bits per heavy atom. The number of hydrogen-bond acceptors (Lipinski definition) is 1. The van der Waals surface area contributed by atoms with Crippen LogP contribution in [0.5, 0.6) is 0 Å². The molecule has 0 fully saturated rings. The second-order valence-corrected chi connectivity index (χ2v) is 6.61. The molecule has 0 heterocycles. The first kappa shape index (κ1) is 15.3. The molecule has 0 aliphatic heterocycles. The van der Waals surface area contributed by atoms with E-state index in [9.17, 15) is 0 Å². The van der Waals surface area contributed by atoms with Crippen LogP contribution in [0, 0.1) is 13.8 Å². The van der Waals surface area contributed by atoms with Gasteiger partial charge in [-0.15, -0.1) is 0 Å². The SMILES string of the molecule is Cc1cc2c(c(CCCCCCN)c1C)Cc1ccccc1-2. The monoisotopic (exact) mass is 293 g/mol. The van der Waals surface area contributed by atoms with Crippen molar-refractivity contribution in [3.05, 3.63) is 58.1 Å². The van der Waals surface area contributed by atoms with Gasteiger partial charge >= 0.3 is 0 Å². The number of benzene rings is 2. The highest BCUT2D eigenvalue weighted by Crippen LogP contribution is 2.40. The van der Waals surface area contributed by atoms with Crippen LogP contribution in [-0.4, -0.2) is 6.54 Å². The molecule has 0 bridgehead atoms. The van der Waals surface area contributed by atoms with Gasteiger partial charge in [-0.05, 0) is 85.0 Å². The Morgan fingerprint density at radius 1 is 0.955 bits per heavy atom. The predicted octanol–water partition coefficient (Wildman–Crippen LogP) is 4.94. The van der Waals surface area contributed by atoms with E-state index >= 15 is 0 Å². The van der Waals surface area contributed by atoms with Crippen molar-refractivity contribution in [2.75, 3.05) is 6.54 Å². The molecule has 2 N–H and O–H groups in total. The van der Waals surface area contributed by atoms with E-state index in [1.54, 1.807) is 11.1 Å². The van der Waals surface area contributed by atoms with Crippen LogP contribution in [0.3, 0.4) is 0 Å². The van der Waals surface area contributed by atoms with Crippen molar-refractivity contribution in [3.63, 3.8) is 0 Å². The number of hydrogen-bond donors (Lipinski definition) is 1. The van der Waals surface area contributed by atoms with E-state index in [1.807, 2.05) is 0 Å². The molecule has 1 aliphatic rings. The zero-order valence-corrected chi connectivity index (χ0v) is 13.9. The largest absolute Gasteiger partial charge is 0.330 e. The predicted molar refractivity (Wildman–Crippen MR) is 95.4 cm³/mol. The van der Waals surface area contributed by atoms with Crippen LogP contribution in [0.25, 0.3) is 11.1 Å². The van der Waals surface area contributed by atoms with Crippen molar-refractivity contribution in [2.24, 2.45) is 5.73 Å². The first-order chi connectivity index (χ1) is 10.7. The summed E-state index contributed by atoms with van der Waals surface area (Å²) in [7, 11) is 0. The summed E-state index contributed by atoms with van der Waals surface area (Å²) in [5, 5.41) is 0. The fraction of sp³-hybridized carbons (Fsp3) is 0.429. The van der Waals surface area contributed by atoms with Crippen LogP contribution >= 0.6 is 0 Å². The number of unbranched alkanes of at least 4 members (excludes halogenated alkanes) is 3. The highest BCUT2D eigenvalue weighted by molar-refractivity contribution is 5.79. The van der Waals surface area contributed by atoms with E-state index < -0.39 is 0 Å². The van der Waals surface area contributed by atoms with E-state index in [-0.39, 0.29) is 0 Å². The summed E-state index contributed by atoms with van der Waals surface area (Å²) in [5.41, 5.74) is 16.2. The average Bonchev–Trinajstić information content (AvgIpc) is 2.89. The number of aryl methyl sites for hydroxylation is 1. The summed E-state index contributed by atoms with van der Waals surface area (Å²) in [5.74, 6) is 0. The van der Waals surface area contributed by atoms with Gasteiger partial charge in [0.1, 0.15) is 0 Å². The lowest BCUT2D eigenvalue weighted by Crippen LogP contribution is -2.01. The normalized spacial score (nSPS) is 12.3. The van der Waals surface area contributed by atoms with Gasteiger partial charge in [0.15, 0.2) is 0 Å². The van der Waals surface area contributed by atoms with Crippen molar-refractivity contribution in [1.29, 1.82) is 0 Å². The minimum atomic E-state index is 0.828. The van der Waals surface area contributed by atoms with Crippen LogP contribution in [0.2, 0.25) is 0 Å². The molecule has 0 saturated carbocycles. The molecular weight excluding hydrogens is 266 g/mol. The molecule has 0 unspecified atom stereocenters. The van der Waals surface area contributed by atoms with Gasteiger partial charge in [-0.1, -0.05) is 43.2 Å². The van der Waals surface area contributed by atoms with E-state index in [0.717, 1.165) is 19.4 Å². The Balaban J connectivity index is 1.87. The summed E-state index contributed by atoms with van der Waals surface area (Å²) >= 11 is 0. The Labute approximate surface area is 134 Å². The molecule has 1 heteroatoms. The molecule has 1 nitrogen and oxygen atoms in total. The average molecular weight is 293 g/mol. The first-order valence-electron chi connectivity index (χ1n) is 8.62. The number of fused-ring (bicyclic) bond motifs is 3. The lowest BCUT2D eigenvalue weighted by molar-refractivity contribution is 0.644. The van der Waals surface area contributed by atoms with Crippen LogP contribution in [0.4, 0.5) is 0 Å². The van der Waals surface area contributed by atoms with E-state index in [2.05, 4.69) is 44.2 Å². The molecule has 116 valence electrons. The molecule has 0 radical (unpaired) electrons. The molecule has 22 heavy (non-hydrogen) atoms. The standard InChI is InChI=1S/C21H27N/c1-15-13-20-19-11-7-6-9-17(19)14-21(20)18(16(15)2)10-5-3-4-8-12-22/h6-7,9,11,13H,3-5,8,10,12,14,22H2,1-2H3. The molecule has 0 atom stereocenters. The van der Waals surface area contributed by atoms with E-state index in [4.69, 9.17) is 5.73 Å². The summed E-state index contributed by atoms with van der Waals surface area (Å²) < 4.78 is 0. The van der Waals surface area contributed by atoms with Crippen molar-refractivity contribution in [1.82, 2.24) is 0 Å². The maximum absolute atomic E-state index is 5.59. The minimum absolute atomic E-state index is 0.828. The third-order valence-electron chi connectivity index (χ3n) is 5.15. The molecule has 1 aliphatic carbocycles. The van der Waals surface area contributed by atoms with Gasteiger partial charge in [-0.3, -0.25) is 0 Å². The highest BCUT2D eigenvalue weighted by atomic mass is 14.5. The van der Waals surface area contributed by atoms with Crippen LogP contribution in [0.15, 0.2) is 30.3 Å². The van der Waals surface area contributed by atoms with Gasteiger partial charge in [0.05, 0.1) is 0 Å². The van der Waals surface area contributed by atoms with Crippen LogP contribution in [0.1, 0.15) is 53.5 Å². The van der Waals surface area contributed by atoms with Gasteiger partial charge in [-0.25, -0.2) is 0 Å². The zero-order valence-electron chi connectivity index (χ0n) is 13.9. The Bertz CT molecular complexity index is 670. The fourth-order valence-corrected chi connectivity index (χ4v) is 3.75. The third kappa shape index (κ3) is 2.83. The quantitative estimate of drug-likeness (QED) is 0.640. The number of nitrogens with two attached hydrogens (primary N) is 1. The maximum Gasteiger partial charge on any atom is -0.00106 e. The molecule has 2 aromatic carbocycles. The molecule has 0 spiro atoms. The van der Waals surface area contributed by atoms with Gasteiger partial charge < -0.3 is 5.73 Å². The first-order valence-corrected chi connectivity index (χ1v) is 8.62. The Kier molecular flexibility index (Phi) is 4.63. The molecule has 0 saturated heterocycles. The molecular formula is C21H27N. The van der Waals surface area contributed by atoms with E-state index in [1.165, 1.54) is 53.5 Å². The van der Waals surface area contributed by atoms with E-state index in [0.29, 0.717) is 0 Å². The van der Waals surface area contributed by atoms with Crippen molar-refractivity contribution in [2.45, 2.75) is 52.4 Å². The van der Waals surface area contributed by atoms with Crippen molar-refractivity contribution < 1.29 is 0 Å². The summed E-state index contributed by atoms with van der Waals surface area (Å²) in [6.07, 6.45) is 7.35. The summed E-state index contributed by atoms with van der Waals surface area (Å²) in [6, 6.07) is 11.3. The highest BCUT2D eigenvalue weighted by Gasteiger charge is 2.22. The molecule has 2 aromatic rings. The molecule has 0 aromatic heterocycles. The van der Waals surface area contributed by atoms with Gasteiger partial charge in [0.2, 0.25) is 0 Å².